The Labute approximate surface area is 124 Å². The minimum absolute atomic E-state index is 0.260. The molecular weight excluding hydrogens is 272 g/mol. The second-order valence-electron chi connectivity index (χ2n) is 5.29. The average Bonchev–Trinajstić information content (AvgIpc) is 2.67. The molecule has 110 valence electrons. The van der Waals surface area contributed by atoms with Gasteiger partial charge in [0, 0.05) is 6.61 Å². The molecule has 0 radical (unpaired) electrons. The van der Waals surface area contributed by atoms with Crippen LogP contribution in [0.2, 0.25) is 0 Å². The van der Waals surface area contributed by atoms with Crippen LogP contribution < -0.4 is 4.74 Å². The molecule has 0 fully saturated rings. The van der Waals surface area contributed by atoms with Gasteiger partial charge >= 0.3 is 0 Å². The Morgan fingerprint density at radius 3 is 2.65 bits per heavy atom. The zero-order valence-corrected chi connectivity index (χ0v) is 13.3. The van der Waals surface area contributed by atoms with Crippen molar-refractivity contribution in [1.29, 1.82) is 0 Å². The van der Waals surface area contributed by atoms with Crippen molar-refractivity contribution in [2.75, 3.05) is 13.2 Å². The summed E-state index contributed by atoms with van der Waals surface area (Å²) in [7, 11) is 0. The molecule has 2 aromatic rings. The van der Waals surface area contributed by atoms with Gasteiger partial charge in [-0.05, 0) is 52.0 Å². The number of rotatable bonds is 6. The van der Waals surface area contributed by atoms with Crippen molar-refractivity contribution in [2.24, 2.45) is 0 Å². The molecule has 5 heteroatoms. The number of aromatic nitrogens is 2. The molecule has 2 rings (SSSR count). The maximum Gasteiger partial charge on any atom is 0.178 e. The average molecular weight is 294 g/mol. The molecule has 0 aliphatic rings. The first-order valence-corrected chi connectivity index (χ1v) is 7.37. The van der Waals surface area contributed by atoms with Crippen LogP contribution in [0.25, 0.3) is 11.0 Å². The Morgan fingerprint density at radius 2 is 2.00 bits per heavy atom. The van der Waals surface area contributed by atoms with Crippen LogP contribution >= 0.6 is 12.2 Å². The fourth-order valence-corrected chi connectivity index (χ4v) is 2.67. The Morgan fingerprint density at radius 1 is 1.25 bits per heavy atom. The van der Waals surface area contributed by atoms with E-state index < -0.39 is 0 Å². The number of H-pyrrole nitrogens is 1. The molecule has 0 saturated heterocycles. The number of hydrogen-bond acceptors (Lipinski definition) is 3. The van der Waals surface area contributed by atoms with Gasteiger partial charge in [0.25, 0.3) is 0 Å². The topological polar surface area (TPSA) is 39.2 Å². The fraction of sp³-hybridized carbons (Fsp3) is 0.533. The number of aromatic amines is 1. The van der Waals surface area contributed by atoms with E-state index in [9.17, 15) is 0 Å². The molecule has 20 heavy (non-hydrogen) atoms. The van der Waals surface area contributed by atoms with Gasteiger partial charge in [-0.1, -0.05) is 6.07 Å². The van der Waals surface area contributed by atoms with Gasteiger partial charge in [0.15, 0.2) is 4.77 Å². The lowest BCUT2D eigenvalue weighted by Crippen LogP contribution is -2.30. The Hall–Kier alpha value is -1.33. The number of para-hydroxylation sites is 1. The van der Waals surface area contributed by atoms with Crippen molar-refractivity contribution >= 4 is 23.3 Å². The van der Waals surface area contributed by atoms with E-state index in [4.69, 9.17) is 21.7 Å². The number of ether oxygens (including phenoxy) is 2. The molecule has 1 aromatic carbocycles. The van der Waals surface area contributed by atoms with Gasteiger partial charge < -0.3 is 19.0 Å². The lowest BCUT2D eigenvalue weighted by Gasteiger charge is -2.25. The third-order valence-electron chi connectivity index (χ3n) is 3.15. The van der Waals surface area contributed by atoms with E-state index in [1.54, 1.807) is 0 Å². The summed E-state index contributed by atoms with van der Waals surface area (Å²) >= 11 is 5.45. The first-order valence-electron chi connectivity index (χ1n) is 6.96. The third-order valence-corrected chi connectivity index (χ3v) is 3.47. The van der Waals surface area contributed by atoms with E-state index in [0.717, 1.165) is 16.8 Å². The van der Waals surface area contributed by atoms with E-state index >= 15 is 0 Å². The smallest absolute Gasteiger partial charge is 0.178 e. The molecule has 0 unspecified atom stereocenters. The van der Waals surface area contributed by atoms with Crippen LogP contribution in [0.5, 0.6) is 5.75 Å². The van der Waals surface area contributed by atoms with Gasteiger partial charge in [-0.2, -0.15) is 0 Å². The van der Waals surface area contributed by atoms with Crippen LogP contribution in [0.1, 0.15) is 27.7 Å². The molecule has 1 N–H and O–H groups in total. The minimum atomic E-state index is -0.260. The van der Waals surface area contributed by atoms with Crippen molar-refractivity contribution < 1.29 is 9.47 Å². The van der Waals surface area contributed by atoms with Crippen molar-refractivity contribution in [3.05, 3.63) is 23.0 Å². The molecule has 0 bridgehead atoms. The molecule has 1 aromatic heterocycles. The highest BCUT2D eigenvalue weighted by Crippen LogP contribution is 2.26. The highest BCUT2D eigenvalue weighted by atomic mass is 32.1. The van der Waals surface area contributed by atoms with Gasteiger partial charge in [-0.15, -0.1) is 0 Å². The zero-order valence-electron chi connectivity index (χ0n) is 12.5. The van der Waals surface area contributed by atoms with Crippen LogP contribution in [0.4, 0.5) is 0 Å². The molecule has 4 nitrogen and oxygen atoms in total. The molecule has 0 atom stereocenters. The van der Waals surface area contributed by atoms with E-state index in [1.807, 2.05) is 32.0 Å². The lowest BCUT2D eigenvalue weighted by molar-refractivity contribution is -0.0219. The van der Waals surface area contributed by atoms with Crippen molar-refractivity contribution in [3.8, 4) is 5.75 Å². The van der Waals surface area contributed by atoms with Crippen molar-refractivity contribution in [2.45, 2.75) is 39.8 Å². The SMILES string of the molecule is CCOc1cccc2c1[nH]c(=S)n2CC(C)(C)OCC. The Bertz CT molecular complexity index is 643. The summed E-state index contributed by atoms with van der Waals surface area (Å²) in [6.45, 7) is 10.1. The summed E-state index contributed by atoms with van der Waals surface area (Å²) in [4.78, 5) is 3.24. The minimum Gasteiger partial charge on any atom is -0.492 e. The van der Waals surface area contributed by atoms with Crippen LogP contribution in [-0.2, 0) is 11.3 Å². The Balaban J connectivity index is 2.47. The third kappa shape index (κ3) is 3.04. The van der Waals surface area contributed by atoms with Crippen molar-refractivity contribution in [1.82, 2.24) is 9.55 Å². The second kappa shape index (κ2) is 5.97. The number of fused-ring (bicyclic) bond motifs is 1. The van der Waals surface area contributed by atoms with Crippen LogP contribution in [0.15, 0.2) is 18.2 Å². The summed E-state index contributed by atoms with van der Waals surface area (Å²) in [5.74, 6) is 0.837. The van der Waals surface area contributed by atoms with Gasteiger partial charge in [-0.25, -0.2) is 0 Å². The number of nitrogens with one attached hydrogen (secondary N) is 1. The molecule has 0 spiro atoms. The van der Waals surface area contributed by atoms with E-state index in [2.05, 4.69) is 23.4 Å². The largest absolute Gasteiger partial charge is 0.492 e. The number of benzene rings is 1. The maximum absolute atomic E-state index is 5.77. The lowest BCUT2D eigenvalue weighted by atomic mass is 10.1. The van der Waals surface area contributed by atoms with Crippen LogP contribution in [0.3, 0.4) is 0 Å². The standard InChI is InChI=1S/C15H22N2O2S/c1-5-18-12-9-7-8-11-13(12)16-14(20)17(11)10-15(3,4)19-6-2/h7-9H,5-6,10H2,1-4H3,(H,16,20). The maximum atomic E-state index is 5.77. The highest BCUT2D eigenvalue weighted by Gasteiger charge is 2.21. The van der Waals surface area contributed by atoms with Gasteiger partial charge in [-0.3, -0.25) is 0 Å². The number of hydrogen-bond donors (Lipinski definition) is 1. The predicted molar refractivity (Wildman–Crippen MR) is 84.0 cm³/mol. The summed E-state index contributed by atoms with van der Waals surface area (Å²) in [6.07, 6.45) is 0. The predicted octanol–water partition coefficient (Wildman–Crippen LogP) is 3.91. The second-order valence-corrected chi connectivity index (χ2v) is 5.68. The van der Waals surface area contributed by atoms with Crippen LogP contribution in [0, 0.1) is 4.77 Å². The molecule has 0 aliphatic carbocycles. The van der Waals surface area contributed by atoms with Gasteiger partial charge in [0.05, 0.1) is 24.3 Å². The first kappa shape index (κ1) is 15.1. The monoisotopic (exact) mass is 294 g/mol. The first-order chi connectivity index (χ1) is 9.48. The molecule has 0 amide bonds. The van der Waals surface area contributed by atoms with E-state index in [-0.39, 0.29) is 5.60 Å². The normalized spacial score (nSPS) is 12.0. The zero-order chi connectivity index (χ0) is 14.8. The van der Waals surface area contributed by atoms with Crippen LogP contribution in [-0.4, -0.2) is 28.4 Å². The van der Waals surface area contributed by atoms with E-state index in [1.165, 1.54) is 0 Å². The summed E-state index contributed by atoms with van der Waals surface area (Å²) in [5.41, 5.74) is 1.74. The molecule has 0 aliphatic heterocycles. The molecule has 0 saturated carbocycles. The van der Waals surface area contributed by atoms with Gasteiger partial charge in [0.1, 0.15) is 11.3 Å². The highest BCUT2D eigenvalue weighted by molar-refractivity contribution is 7.71. The fourth-order valence-electron chi connectivity index (χ4n) is 2.40. The Kier molecular flexibility index (Phi) is 4.50. The van der Waals surface area contributed by atoms with E-state index in [0.29, 0.717) is 24.5 Å². The summed E-state index contributed by atoms with van der Waals surface area (Å²) in [6, 6.07) is 5.99. The van der Waals surface area contributed by atoms with Crippen molar-refractivity contribution in [3.63, 3.8) is 0 Å². The quantitative estimate of drug-likeness (QED) is 0.821. The van der Waals surface area contributed by atoms with Gasteiger partial charge in [0.2, 0.25) is 0 Å². The molecular formula is C15H22N2O2S. The molecule has 1 heterocycles. The summed E-state index contributed by atoms with van der Waals surface area (Å²) < 4.78 is 14.2. The number of imidazole rings is 1. The number of nitrogens with zero attached hydrogens (tertiary/aromatic N) is 1. The summed E-state index contributed by atoms with van der Waals surface area (Å²) in [5, 5.41) is 0.